The lowest BCUT2D eigenvalue weighted by Crippen LogP contribution is -2.13. The molecule has 0 saturated heterocycles. The largest absolute Gasteiger partial charge is 0.485 e. The van der Waals surface area contributed by atoms with Gasteiger partial charge in [0.25, 0.3) is 0 Å². The Bertz CT molecular complexity index is 712. The third-order valence-electron chi connectivity index (χ3n) is 4.77. The fraction of sp³-hybridized carbons (Fsp3) is 0.421. The first kappa shape index (κ1) is 14.9. The molecule has 1 aliphatic rings. The highest BCUT2D eigenvalue weighted by atomic mass is 16.5. The molecule has 1 aliphatic carbocycles. The molecule has 3 rings (SSSR count). The number of nitrogens with zero attached hydrogens (tertiary/aromatic N) is 1. The quantitative estimate of drug-likeness (QED) is 0.804. The molecular formula is C19H23NO2. The lowest BCUT2D eigenvalue weighted by Gasteiger charge is -2.16. The van der Waals surface area contributed by atoms with Crippen LogP contribution in [0.25, 0.3) is 0 Å². The minimum atomic E-state index is 0.0407. The number of ether oxygens (including phenoxy) is 1. The number of fused-ring (bicyclic) bond motifs is 1. The highest BCUT2D eigenvalue weighted by Crippen LogP contribution is 2.25. The fourth-order valence-corrected chi connectivity index (χ4v) is 3.16. The first-order chi connectivity index (χ1) is 10.6. The van der Waals surface area contributed by atoms with Gasteiger partial charge < -0.3 is 9.30 Å². The highest BCUT2D eigenvalue weighted by molar-refractivity contribution is 5.98. The maximum absolute atomic E-state index is 12.4. The maximum atomic E-state index is 12.4. The Hall–Kier alpha value is -2.03. The standard InChI is InChI=1S/C19H23NO2/c1-13-10-18(14(2)20(13)3)19(21)12-22-17-9-8-15-6-4-5-7-16(15)11-17/h8-11H,4-7,12H2,1-3H3. The summed E-state index contributed by atoms with van der Waals surface area (Å²) in [6.07, 6.45) is 4.81. The summed E-state index contributed by atoms with van der Waals surface area (Å²) in [5.74, 6) is 0.846. The van der Waals surface area contributed by atoms with Crippen molar-refractivity contribution in [3.63, 3.8) is 0 Å². The molecule has 0 spiro atoms. The Morgan fingerprint density at radius 1 is 1.14 bits per heavy atom. The van der Waals surface area contributed by atoms with Gasteiger partial charge in [-0.25, -0.2) is 0 Å². The van der Waals surface area contributed by atoms with Gasteiger partial charge in [0.1, 0.15) is 5.75 Å². The predicted octanol–water partition coefficient (Wildman–Crippen LogP) is 3.78. The Morgan fingerprint density at radius 2 is 1.86 bits per heavy atom. The number of Topliss-reactive ketones (excluding diaryl/α,β-unsaturated/α-hetero) is 1. The van der Waals surface area contributed by atoms with Crippen molar-refractivity contribution in [1.82, 2.24) is 4.57 Å². The molecule has 0 unspecified atom stereocenters. The molecule has 1 heterocycles. The summed E-state index contributed by atoms with van der Waals surface area (Å²) in [7, 11) is 1.98. The number of aromatic nitrogens is 1. The Kier molecular flexibility index (Phi) is 4.06. The van der Waals surface area contributed by atoms with Crippen molar-refractivity contribution in [2.75, 3.05) is 6.61 Å². The first-order valence-electron chi connectivity index (χ1n) is 7.97. The van der Waals surface area contributed by atoms with Gasteiger partial charge in [0, 0.05) is 24.0 Å². The third kappa shape index (κ3) is 2.80. The number of carbonyl (C=O) groups excluding carboxylic acids is 1. The van der Waals surface area contributed by atoms with Crippen molar-refractivity contribution < 1.29 is 9.53 Å². The van der Waals surface area contributed by atoms with Gasteiger partial charge in [-0.2, -0.15) is 0 Å². The first-order valence-corrected chi connectivity index (χ1v) is 7.97. The molecule has 0 bridgehead atoms. The van der Waals surface area contributed by atoms with E-state index in [0.717, 1.165) is 35.5 Å². The van der Waals surface area contributed by atoms with Crippen molar-refractivity contribution in [2.24, 2.45) is 7.05 Å². The second kappa shape index (κ2) is 5.99. The summed E-state index contributed by atoms with van der Waals surface area (Å²) in [5.41, 5.74) is 5.66. The molecular weight excluding hydrogens is 274 g/mol. The maximum Gasteiger partial charge on any atom is 0.202 e. The minimum absolute atomic E-state index is 0.0407. The van der Waals surface area contributed by atoms with Crippen LogP contribution < -0.4 is 4.74 Å². The summed E-state index contributed by atoms with van der Waals surface area (Å²) in [6, 6.07) is 8.17. The van der Waals surface area contributed by atoms with Crippen molar-refractivity contribution >= 4 is 5.78 Å². The number of hydrogen-bond acceptors (Lipinski definition) is 2. The molecule has 1 aromatic carbocycles. The van der Waals surface area contributed by atoms with E-state index in [1.54, 1.807) is 0 Å². The van der Waals surface area contributed by atoms with E-state index in [9.17, 15) is 4.79 Å². The molecule has 3 heteroatoms. The third-order valence-corrected chi connectivity index (χ3v) is 4.77. The average molecular weight is 297 g/mol. The average Bonchev–Trinajstić information content (AvgIpc) is 2.80. The minimum Gasteiger partial charge on any atom is -0.485 e. The number of rotatable bonds is 4. The van der Waals surface area contributed by atoms with E-state index >= 15 is 0 Å². The second-order valence-corrected chi connectivity index (χ2v) is 6.19. The van der Waals surface area contributed by atoms with E-state index in [1.165, 1.54) is 24.0 Å². The van der Waals surface area contributed by atoms with Gasteiger partial charge in [0.15, 0.2) is 6.61 Å². The van der Waals surface area contributed by atoms with Gasteiger partial charge in [-0.3, -0.25) is 4.79 Å². The van der Waals surface area contributed by atoms with Gasteiger partial charge in [-0.15, -0.1) is 0 Å². The lowest BCUT2D eigenvalue weighted by molar-refractivity contribution is 0.0920. The summed E-state index contributed by atoms with van der Waals surface area (Å²) in [5, 5.41) is 0. The van der Waals surface area contributed by atoms with E-state index in [4.69, 9.17) is 4.74 Å². The summed E-state index contributed by atoms with van der Waals surface area (Å²) >= 11 is 0. The molecule has 0 radical (unpaired) electrons. The van der Waals surface area contributed by atoms with E-state index in [1.807, 2.05) is 37.6 Å². The number of benzene rings is 1. The van der Waals surface area contributed by atoms with Crippen LogP contribution in [0.15, 0.2) is 24.3 Å². The van der Waals surface area contributed by atoms with Crippen LogP contribution in [0.1, 0.15) is 45.7 Å². The smallest absolute Gasteiger partial charge is 0.202 e. The molecule has 22 heavy (non-hydrogen) atoms. The Balaban J connectivity index is 1.69. The van der Waals surface area contributed by atoms with Crippen LogP contribution in [0.3, 0.4) is 0 Å². The van der Waals surface area contributed by atoms with E-state index in [0.29, 0.717) is 0 Å². The van der Waals surface area contributed by atoms with Crippen molar-refractivity contribution in [2.45, 2.75) is 39.5 Å². The second-order valence-electron chi connectivity index (χ2n) is 6.19. The zero-order valence-corrected chi connectivity index (χ0v) is 13.6. The zero-order valence-electron chi connectivity index (χ0n) is 13.6. The SMILES string of the molecule is Cc1cc(C(=O)COc2ccc3c(c2)CCCC3)c(C)n1C. The number of hydrogen-bond donors (Lipinski definition) is 0. The molecule has 0 N–H and O–H groups in total. The van der Waals surface area contributed by atoms with Crippen LogP contribution in [0, 0.1) is 13.8 Å². The normalized spacial score (nSPS) is 13.8. The Labute approximate surface area is 131 Å². The molecule has 0 amide bonds. The van der Waals surface area contributed by atoms with Crippen LogP contribution in [0.2, 0.25) is 0 Å². The molecule has 0 atom stereocenters. The van der Waals surface area contributed by atoms with Gasteiger partial charge in [-0.1, -0.05) is 6.07 Å². The highest BCUT2D eigenvalue weighted by Gasteiger charge is 2.15. The molecule has 1 aromatic heterocycles. The number of aryl methyl sites for hydroxylation is 3. The van der Waals surface area contributed by atoms with Crippen LogP contribution in [-0.2, 0) is 19.9 Å². The zero-order chi connectivity index (χ0) is 15.7. The number of ketones is 1. The molecule has 0 fully saturated rings. The van der Waals surface area contributed by atoms with E-state index < -0.39 is 0 Å². The molecule has 2 aromatic rings. The fourth-order valence-electron chi connectivity index (χ4n) is 3.16. The van der Waals surface area contributed by atoms with Crippen LogP contribution in [0.4, 0.5) is 0 Å². The topological polar surface area (TPSA) is 31.2 Å². The monoisotopic (exact) mass is 297 g/mol. The number of carbonyl (C=O) groups is 1. The van der Waals surface area contributed by atoms with Gasteiger partial charge in [-0.05, 0) is 68.9 Å². The Morgan fingerprint density at radius 3 is 2.55 bits per heavy atom. The van der Waals surface area contributed by atoms with Gasteiger partial charge in [0.2, 0.25) is 5.78 Å². The molecule has 0 aliphatic heterocycles. The molecule has 0 saturated carbocycles. The van der Waals surface area contributed by atoms with Crippen molar-refractivity contribution in [3.05, 3.63) is 52.3 Å². The summed E-state index contributed by atoms with van der Waals surface area (Å²) in [6.45, 7) is 4.08. The van der Waals surface area contributed by atoms with Crippen molar-refractivity contribution in [3.8, 4) is 5.75 Å². The van der Waals surface area contributed by atoms with Gasteiger partial charge >= 0.3 is 0 Å². The van der Waals surface area contributed by atoms with Gasteiger partial charge in [0.05, 0.1) is 0 Å². The molecule has 3 nitrogen and oxygen atoms in total. The molecule has 116 valence electrons. The van der Waals surface area contributed by atoms with Crippen LogP contribution in [-0.4, -0.2) is 17.0 Å². The lowest BCUT2D eigenvalue weighted by atomic mass is 9.92. The summed E-state index contributed by atoms with van der Waals surface area (Å²) in [4.78, 5) is 12.4. The van der Waals surface area contributed by atoms with Crippen molar-refractivity contribution in [1.29, 1.82) is 0 Å². The van der Waals surface area contributed by atoms with Crippen LogP contribution >= 0.6 is 0 Å². The predicted molar refractivity (Wildman–Crippen MR) is 87.8 cm³/mol. The van der Waals surface area contributed by atoms with E-state index in [-0.39, 0.29) is 12.4 Å². The van der Waals surface area contributed by atoms with E-state index in [2.05, 4.69) is 12.1 Å². The summed E-state index contributed by atoms with van der Waals surface area (Å²) < 4.78 is 7.77. The van der Waals surface area contributed by atoms with Crippen LogP contribution in [0.5, 0.6) is 5.75 Å².